The third-order valence-electron chi connectivity index (χ3n) is 1.68. The zero-order valence-corrected chi connectivity index (χ0v) is 10.8. The van der Waals surface area contributed by atoms with E-state index in [1.807, 2.05) is 14.0 Å². The van der Waals surface area contributed by atoms with Crippen LogP contribution in [0.5, 0.6) is 0 Å². The monoisotopic (exact) mass is 240 g/mol. The highest BCUT2D eigenvalue weighted by molar-refractivity contribution is 7.99. The van der Waals surface area contributed by atoms with Crippen molar-refractivity contribution in [2.75, 3.05) is 25.1 Å². The van der Waals surface area contributed by atoms with Gasteiger partial charge in [0, 0.05) is 12.6 Å². The molecule has 0 aromatic carbocycles. The Kier molecular flexibility index (Phi) is 13.1. The van der Waals surface area contributed by atoms with Crippen LogP contribution in [0.2, 0.25) is 0 Å². The molecule has 5 heteroatoms. The number of hydrogen-bond acceptors (Lipinski definition) is 3. The van der Waals surface area contributed by atoms with Gasteiger partial charge in [0.2, 0.25) is 5.91 Å². The van der Waals surface area contributed by atoms with E-state index in [0.717, 1.165) is 12.2 Å². The Morgan fingerprint density at radius 1 is 1.50 bits per heavy atom. The predicted molar refractivity (Wildman–Crippen MR) is 66.4 cm³/mol. The van der Waals surface area contributed by atoms with Gasteiger partial charge in [-0.05, 0) is 26.1 Å². The minimum absolute atomic E-state index is 0. The maximum Gasteiger partial charge on any atom is 0.230 e. The Labute approximate surface area is 97.2 Å². The van der Waals surface area contributed by atoms with Crippen LogP contribution in [-0.2, 0) is 4.79 Å². The molecule has 0 spiro atoms. The number of carbonyl (C=O) groups excluding carboxylic acids is 1. The van der Waals surface area contributed by atoms with Gasteiger partial charge in [0.1, 0.15) is 0 Å². The molecule has 3 nitrogen and oxygen atoms in total. The largest absolute Gasteiger partial charge is 0.354 e. The summed E-state index contributed by atoms with van der Waals surface area (Å²) in [6.07, 6.45) is 1.13. The molecule has 1 atom stereocenters. The average molecular weight is 241 g/mol. The van der Waals surface area contributed by atoms with E-state index >= 15 is 0 Å². The molecule has 0 aliphatic heterocycles. The molecule has 0 fully saturated rings. The molecule has 0 aromatic heterocycles. The molecule has 0 aromatic rings. The maximum atomic E-state index is 11.2. The van der Waals surface area contributed by atoms with E-state index in [-0.39, 0.29) is 18.3 Å². The summed E-state index contributed by atoms with van der Waals surface area (Å²) in [4.78, 5) is 11.2. The van der Waals surface area contributed by atoms with Crippen LogP contribution in [0.3, 0.4) is 0 Å². The van der Waals surface area contributed by atoms with Crippen LogP contribution in [0.1, 0.15) is 20.3 Å². The molecular formula is C9H21ClN2OS. The number of likely N-dealkylation sites (N-methyl/N-ethyl adjacent to an activating group) is 1. The lowest BCUT2D eigenvalue weighted by atomic mass is 10.3. The highest BCUT2D eigenvalue weighted by Crippen LogP contribution is 2.00. The lowest BCUT2D eigenvalue weighted by Crippen LogP contribution is -2.37. The standard InChI is InChI=1S/C9H20N2OS.ClH/c1-4-5-13-7-9(12)11-6-8(2)10-3;/h8,10H,4-7H2,1-3H3,(H,11,12);1H. The zero-order valence-electron chi connectivity index (χ0n) is 9.13. The highest BCUT2D eigenvalue weighted by atomic mass is 35.5. The third-order valence-corrected chi connectivity index (χ3v) is 2.84. The fraction of sp³-hybridized carbons (Fsp3) is 0.889. The van der Waals surface area contributed by atoms with Crippen LogP contribution in [0.25, 0.3) is 0 Å². The van der Waals surface area contributed by atoms with Crippen molar-refractivity contribution < 1.29 is 4.79 Å². The summed E-state index contributed by atoms with van der Waals surface area (Å²) >= 11 is 1.69. The molecule has 0 heterocycles. The van der Waals surface area contributed by atoms with Gasteiger partial charge < -0.3 is 10.6 Å². The van der Waals surface area contributed by atoms with Crippen LogP contribution in [0.15, 0.2) is 0 Å². The number of thioether (sulfide) groups is 1. The summed E-state index contributed by atoms with van der Waals surface area (Å²) in [7, 11) is 1.89. The first-order valence-corrected chi connectivity index (χ1v) is 5.87. The minimum atomic E-state index is 0. The number of carbonyl (C=O) groups is 1. The second-order valence-corrected chi connectivity index (χ2v) is 4.15. The summed E-state index contributed by atoms with van der Waals surface area (Å²) in [5.74, 6) is 1.79. The Morgan fingerprint density at radius 3 is 2.64 bits per heavy atom. The lowest BCUT2D eigenvalue weighted by molar-refractivity contribution is -0.118. The van der Waals surface area contributed by atoms with E-state index in [2.05, 4.69) is 17.6 Å². The highest BCUT2D eigenvalue weighted by Gasteiger charge is 2.02. The van der Waals surface area contributed by atoms with Gasteiger partial charge in [-0.1, -0.05) is 6.92 Å². The average Bonchev–Trinajstić information content (AvgIpc) is 2.14. The molecular weight excluding hydrogens is 220 g/mol. The zero-order chi connectivity index (χ0) is 10.1. The van der Waals surface area contributed by atoms with Crippen molar-refractivity contribution in [3.63, 3.8) is 0 Å². The van der Waals surface area contributed by atoms with Crippen LogP contribution in [0.4, 0.5) is 0 Å². The SMILES string of the molecule is CCCSCC(=O)NCC(C)NC.Cl. The van der Waals surface area contributed by atoms with Gasteiger partial charge in [-0.25, -0.2) is 0 Å². The van der Waals surface area contributed by atoms with Crippen LogP contribution in [-0.4, -0.2) is 37.0 Å². The van der Waals surface area contributed by atoms with E-state index in [0.29, 0.717) is 18.3 Å². The van der Waals surface area contributed by atoms with E-state index < -0.39 is 0 Å². The molecule has 1 amide bonds. The fourth-order valence-electron chi connectivity index (χ4n) is 0.729. The quantitative estimate of drug-likeness (QED) is 0.659. The number of amides is 1. The molecule has 0 rings (SSSR count). The van der Waals surface area contributed by atoms with Crippen molar-refractivity contribution in [1.29, 1.82) is 0 Å². The first kappa shape index (κ1) is 16.5. The Morgan fingerprint density at radius 2 is 2.14 bits per heavy atom. The molecule has 0 saturated carbocycles. The summed E-state index contributed by atoms with van der Waals surface area (Å²) in [5, 5.41) is 5.94. The Bertz CT molecular complexity index is 147. The van der Waals surface area contributed by atoms with E-state index in [4.69, 9.17) is 0 Å². The first-order chi connectivity index (χ1) is 6.20. The smallest absolute Gasteiger partial charge is 0.230 e. The molecule has 1 unspecified atom stereocenters. The maximum absolute atomic E-state index is 11.2. The topological polar surface area (TPSA) is 41.1 Å². The van der Waals surface area contributed by atoms with Gasteiger partial charge >= 0.3 is 0 Å². The van der Waals surface area contributed by atoms with Crippen molar-refractivity contribution >= 4 is 30.1 Å². The second-order valence-electron chi connectivity index (χ2n) is 3.05. The molecule has 0 bridgehead atoms. The second kappa shape index (κ2) is 11.1. The number of halogens is 1. The third kappa shape index (κ3) is 10.2. The molecule has 0 aliphatic carbocycles. The van der Waals surface area contributed by atoms with E-state index in [1.54, 1.807) is 11.8 Å². The van der Waals surface area contributed by atoms with Gasteiger partial charge in [0.05, 0.1) is 5.75 Å². The molecule has 0 saturated heterocycles. The van der Waals surface area contributed by atoms with Crippen LogP contribution < -0.4 is 10.6 Å². The van der Waals surface area contributed by atoms with Crippen molar-refractivity contribution in [1.82, 2.24) is 10.6 Å². The van der Waals surface area contributed by atoms with Gasteiger partial charge in [-0.2, -0.15) is 11.8 Å². The summed E-state index contributed by atoms with van der Waals surface area (Å²) in [5.41, 5.74) is 0. The van der Waals surface area contributed by atoms with Gasteiger partial charge in [-0.3, -0.25) is 4.79 Å². The predicted octanol–water partition coefficient (Wildman–Crippen LogP) is 1.28. The summed E-state index contributed by atoms with van der Waals surface area (Å²) < 4.78 is 0. The Hall–Kier alpha value is 0.0700. The van der Waals surface area contributed by atoms with Gasteiger partial charge in [0.15, 0.2) is 0 Å². The lowest BCUT2D eigenvalue weighted by Gasteiger charge is -2.10. The van der Waals surface area contributed by atoms with Crippen molar-refractivity contribution in [3.05, 3.63) is 0 Å². The number of rotatable bonds is 7. The van der Waals surface area contributed by atoms with Crippen molar-refractivity contribution in [3.8, 4) is 0 Å². The van der Waals surface area contributed by atoms with Crippen molar-refractivity contribution in [2.45, 2.75) is 26.3 Å². The molecule has 0 radical (unpaired) electrons. The molecule has 0 aliphatic rings. The molecule has 86 valence electrons. The van der Waals surface area contributed by atoms with Crippen LogP contribution in [0, 0.1) is 0 Å². The number of nitrogens with one attached hydrogen (secondary N) is 2. The fourth-order valence-corrected chi connectivity index (χ4v) is 1.45. The molecule has 2 N–H and O–H groups in total. The Balaban J connectivity index is 0. The van der Waals surface area contributed by atoms with Crippen LogP contribution >= 0.6 is 24.2 Å². The van der Waals surface area contributed by atoms with Crippen molar-refractivity contribution in [2.24, 2.45) is 0 Å². The van der Waals surface area contributed by atoms with Gasteiger partial charge in [0.25, 0.3) is 0 Å². The summed E-state index contributed by atoms with van der Waals surface area (Å²) in [6.45, 7) is 4.87. The summed E-state index contributed by atoms with van der Waals surface area (Å²) in [6, 6.07) is 0.347. The minimum Gasteiger partial charge on any atom is -0.354 e. The van der Waals surface area contributed by atoms with E-state index in [9.17, 15) is 4.79 Å². The van der Waals surface area contributed by atoms with E-state index in [1.165, 1.54) is 0 Å². The normalized spacial score (nSPS) is 11.6. The molecule has 14 heavy (non-hydrogen) atoms. The van der Waals surface area contributed by atoms with Gasteiger partial charge in [-0.15, -0.1) is 12.4 Å². The number of hydrogen-bond donors (Lipinski definition) is 2. The first-order valence-electron chi connectivity index (χ1n) is 4.72.